The maximum atomic E-state index is 14.2. The lowest BCUT2D eigenvalue weighted by Gasteiger charge is -2.27. The van der Waals surface area contributed by atoms with Crippen molar-refractivity contribution < 1.29 is 71.6 Å². The van der Waals surface area contributed by atoms with Crippen LogP contribution in [-0.2, 0) is 54.9 Å². The molecule has 1 amide bonds. The number of phosphoric ester groups is 1. The van der Waals surface area contributed by atoms with Crippen molar-refractivity contribution in [1.29, 1.82) is 0 Å². The van der Waals surface area contributed by atoms with Crippen molar-refractivity contribution in [3.8, 4) is 0 Å². The van der Waals surface area contributed by atoms with Gasteiger partial charge in [0.25, 0.3) is 0 Å². The molecule has 66 heavy (non-hydrogen) atoms. The third-order valence-corrected chi connectivity index (χ3v) is 12.5. The van der Waals surface area contributed by atoms with Gasteiger partial charge in [-0.2, -0.15) is 4.98 Å². The van der Waals surface area contributed by atoms with Crippen LogP contribution in [-0.4, -0.2) is 126 Å². The topological polar surface area (TPSA) is 429 Å². The molecule has 5 aromatic rings. The maximum Gasteiger partial charge on any atom is 0.469 e. The maximum absolute atomic E-state index is 14.2. The second kappa shape index (κ2) is 20.0. The number of esters is 1. The van der Waals surface area contributed by atoms with Crippen LogP contribution in [0.4, 0.5) is 22.1 Å². The summed E-state index contributed by atoms with van der Waals surface area (Å²) in [7, 11) is -10.6. The summed E-state index contributed by atoms with van der Waals surface area (Å²) in [6.45, 7) is -2.37. The van der Waals surface area contributed by atoms with E-state index in [1.54, 1.807) is 24.3 Å². The quantitative estimate of drug-likeness (QED) is 0.0203. The molecular formula is C35H39N13O16P2. The standard InChI is InChI=1S/C35H39N13O16P2/c36-23-7-9-47(34(52)44-23)32-26(50)28(22(63-32)14-61-66(56,57)58)65(54,55)60-13-21-27(25(49)31(62-21)48-16-42-24-29(37)40-15-41-30(24)48)64-33(51)20(10-18-2-1-8-39-11-18)43-35(53)59-12-17-3-5-19(6-4-17)45-46-38/h1-9,11,15-16,20-22,25-28,31-32,49-50H,10,12-14H2,(H,43,53)(H,54,55)(H2,36,44,52)(H2,37,40,41)(H2,56,57,58)/t20-,21+,22+,25+,26+,27+,28+,31+,32+/m0/s1. The number of nitrogens with one attached hydrogen (secondary N) is 1. The fourth-order valence-electron chi connectivity index (χ4n) is 7.05. The average Bonchev–Trinajstić information content (AvgIpc) is 3.95. The number of carbonyl (C=O) groups is 2. The van der Waals surface area contributed by atoms with Crippen molar-refractivity contribution >= 4 is 56.0 Å². The predicted molar refractivity (Wildman–Crippen MR) is 220 cm³/mol. The van der Waals surface area contributed by atoms with Gasteiger partial charge in [-0.25, -0.2) is 33.9 Å². The zero-order chi connectivity index (χ0) is 47.3. The summed E-state index contributed by atoms with van der Waals surface area (Å²) in [6, 6.07) is 8.87. The van der Waals surface area contributed by atoms with Crippen molar-refractivity contribution in [3.05, 3.63) is 106 Å². The molecule has 0 saturated carbocycles. The molecular weight excluding hydrogens is 920 g/mol. The van der Waals surface area contributed by atoms with Gasteiger partial charge in [0.05, 0.1) is 19.5 Å². The van der Waals surface area contributed by atoms with Crippen molar-refractivity contribution in [1.82, 2.24) is 39.4 Å². The highest BCUT2D eigenvalue weighted by molar-refractivity contribution is 7.53. The summed E-state index contributed by atoms with van der Waals surface area (Å²) in [4.78, 5) is 92.7. The first kappa shape index (κ1) is 47.5. The van der Waals surface area contributed by atoms with Gasteiger partial charge in [-0.05, 0) is 28.8 Å². The highest BCUT2D eigenvalue weighted by atomic mass is 31.2. The highest BCUT2D eigenvalue weighted by Gasteiger charge is 2.56. The molecule has 0 spiro atoms. The zero-order valence-electron chi connectivity index (χ0n) is 33.7. The number of amides is 1. The molecule has 0 bridgehead atoms. The van der Waals surface area contributed by atoms with Gasteiger partial charge in [-0.15, -0.1) is 0 Å². The Bertz CT molecular complexity index is 2760. The minimum absolute atomic E-state index is 0.0401. The Morgan fingerprint density at radius 2 is 1.68 bits per heavy atom. The molecule has 350 valence electrons. The van der Waals surface area contributed by atoms with E-state index in [-0.39, 0.29) is 35.8 Å². The Morgan fingerprint density at radius 3 is 2.38 bits per heavy atom. The largest absolute Gasteiger partial charge is 0.469 e. The van der Waals surface area contributed by atoms with Crippen LogP contribution >= 0.6 is 15.4 Å². The van der Waals surface area contributed by atoms with Crippen LogP contribution in [0.1, 0.15) is 23.6 Å². The Morgan fingerprint density at radius 1 is 0.955 bits per heavy atom. The van der Waals surface area contributed by atoms with Crippen molar-refractivity contribution in [2.24, 2.45) is 5.11 Å². The predicted octanol–water partition coefficient (Wildman–Crippen LogP) is 0.230. The number of aromatic nitrogens is 7. The second-order valence-corrected chi connectivity index (χ2v) is 17.7. The number of azide groups is 1. The number of rotatable bonds is 17. The number of hydrogen-bond acceptors (Lipinski definition) is 21. The van der Waals surface area contributed by atoms with Crippen molar-refractivity contribution in [2.75, 3.05) is 24.7 Å². The summed E-state index contributed by atoms with van der Waals surface area (Å²) < 4.78 is 60.6. The van der Waals surface area contributed by atoms with Gasteiger partial charge in [0.1, 0.15) is 60.4 Å². The van der Waals surface area contributed by atoms with Gasteiger partial charge < -0.3 is 65.1 Å². The summed E-state index contributed by atoms with van der Waals surface area (Å²) in [5.41, 5.74) is 18.4. The lowest BCUT2D eigenvalue weighted by Crippen LogP contribution is -2.47. The molecule has 2 aliphatic heterocycles. The molecule has 6 heterocycles. The second-order valence-electron chi connectivity index (χ2n) is 14.5. The molecule has 1 unspecified atom stereocenters. The normalized spacial score (nSPS) is 24.3. The van der Waals surface area contributed by atoms with E-state index in [4.69, 9.17) is 40.5 Å². The van der Waals surface area contributed by atoms with Crippen LogP contribution in [0.5, 0.6) is 0 Å². The molecule has 7 rings (SSSR count). The molecule has 31 heteroatoms. The van der Waals surface area contributed by atoms with E-state index in [0.717, 1.165) is 18.6 Å². The minimum Gasteiger partial charge on any atom is -0.455 e. The van der Waals surface area contributed by atoms with Crippen molar-refractivity contribution in [3.63, 3.8) is 0 Å². The van der Waals surface area contributed by atoms with Crippen LogP contribution in [0.2, 0.25) is 0 Å². The Kier molecular flexibility index (Phi) is 14.4. The number of alkyl carbamates (subject to hydrolysis) is 1. The number of nitrogens with two attached hydrogens (primary N) is 2. The third kappa shape index (κ3) is 11.0. The first-order valence-corrected chi connectivity index (χ1v) is 22.4. The number of carbonyl (C=O) groups excluding carboxylic acids is 2. The fourth-order valence-corrected chi connectivity index (χ4v) is 9.03. The van der Waals surface area contributed by atoms with Crippen LogP contribution in [0.15, 0.2) is 83.6 Å². The number of aliphatic hydroxyl groups excluding tert-OH is 2. The molecule has 2 aliphatic rings. The van der Waals surface area contributed by atoms with Crippen LogP contribution in [0.25, 0.3) is 21.6 Å². The molecule has 0 aliphatic carbocycles. The summed E-state index contributed by atoms with van der Waals surface area (Å²) in [5, 5.41) is 29.1. The number of benzene rings is 1. The average molecular weight is 960 g/mol. The van der Waals surface area contributed by atoms with Gasteiger partial charge >= 0.3 is 33.2 Å². The van der Waals surface area contributed by atoms with E-state index in [1.165, 1.54) is 35.4 Å². The Hall–Kier alpha value is -6.45. The van der Waals surface area contributed by atoms with Gasteiger partial charge in [-0.1, -0.05) is 35.4 Å². The molecule has 10 N–H and O–H groups in total. The molecule has 29 nitrogen and oxygen atoms in total. The van der Waals surface area contributed by atoms with E-state index in [0.29, 0.717) is 21.4 Å². The van der Waals surface area contributed by atoms with E-state index >= 15 is 0 Å². The Balaban J connectivity index is 1.15. The van der Waals surface area contributed by atoms with E-state index in [2.05, 4.69) is 44.8 Å². The third-order valence-electron chi connectivity index (χ3n) is 10.1. The minimum atomic E-state index is -5.33. The van der Waals surface area contributed by atoms with Gasteiger partial charge in [0.2, 0.25) is 0 Å². The summed E-state index contributed by atoms with van der Waals surface area (Å²) >= 11 is 0. The van der Waals surface area contributed by atoms with Gasteiger partial charge in [0, 0.05) is 35.6 Å². The molecule has 4 aromatic heterocycles. The number of pyridine rings is 1. The van der Waals surface area contributed by atoms with Gasteiger partial charge in [0.15, 0.2) is 30.0 Å². The number of nitrogen functional groups attached to an aromatic ring is 2. The number of imidazole rings is 1. The molecule has 2 fully saturated rings. The number of nitrogens with zero attached hydrogens (tertiary/aromatic N) is 10. The molecule has 10 atom stereocenters. The lowest BCUT2D eigenvalue weighted by molar-refractivity contribution is -0.158. The monoisotopic (exact) mass is 959 g/mol. The van der Waals surface area contributed by atoms with Gasteiger partial charge in [-0.3, -0.25) is 23.2 Å². The number of anilines is 2. The van der Waals surface area contributed by atoms with Crippen LogP contribution in [0, 0.1) is 0 Å². The zero-order valence-corrected chi connectivity index (χ0v) is 35.5. The lowest BCUT2D eigenvalue weighted by atomic mass is 10.1. The fraction of sp³-hybridized carbons (Fsp3) is 0.371. The number of ether oxygens (including phenoxy) is 4. The van der Waals surface area contributed by atoms with E-state index in [1.807, 2.05) is 0 Å². The molecule has 0 radical (unpaired) electrons. The summed E-state index contributed by atoms with van der Waals surface area (Å²) in [5.74, 6) is -1.42. The van der Waals surface area contributed by atoms with Crippen molar-refractivity contribution in [2.45, 2.75) is 67.7 Å². The Labute approximate surface area is 369 Å². The highest BCUT2D eigenvalue weighted by Crippen LogP contribution is 2.56. The van der Waals surface area contributed by atoms with E-state index < -0.39 is 101 Å². The smallest absolute Gasteiger partial charge is 0.455 e. The summed E-state index contributed by atoms with van der Waals surface area (Å²) in [6.07, 6.45) is -7.59. The number of hydrogen-bond donors (Lipinski definition) is 8. The first-order chi connectivity index (χ1) is 31.4. The molecule has 1 aromatic carbocycles. The SMILES string of the molecule is [N-]=[N+]=Nc1ccc(COC(=O)N[C@@H](Cc2cccnc2)C(=O)O[C@H]2[C@@H](O)[C@H](n3cnc4c(N)ncnc43)O[C@@H]2COP(=O)(O)[C@H]2[C@@H](O)[C@H](n3ccc(N)nc3=O)O[C@@H]2COP(=O)(O)O)cc1. The number of aliphatic hydroxyl groups is 2. The molecule has 2 saturated heterocycles. The van der Waals surface area contributed by atoms with Crippen LogP contribution in [0.3, 0.4) is 0 Å². The first-order valence-electron chi connectivity index (χ1n) is 19.2. The number of phosphoric acid groups is 1. The van der Waals surface area contributed by atoms with E-state index in [9.17, 15) is 48.4 Å². The number of fused-ring (bicyclic) bond motifs is 1. The van der Waals surface area contributed by atoms with Crippen LogP contribution < -0.4 is 22.5 Å².